The first-order valence-corrected chi connectivity index (χ1v) is 9.73. The molecular weight excluding hydrogens is 313 g/mol. The van der Waals surface area contributed by atoms with E-state index in [0.717, 1.165) is 58.1 Å². The highest BCUT2D eigenvalue weighted by Crippen LogP contribution is 2.37. The minimum absolute atomic E-state index is 0.232. The monoisotopic (exact) mass is 343 g/mol. The molecule has 1 aliphatic heterocycles. The molecule has 25 heavy (non-hydrogen) atoms. The molecule has 3 rings (SSSR count). The van der Waals surface area contributed by atoms with Gasteiger partial charge in [-0.15, -0.1) is 0 Å². The highest BCUT2D eigenvalue weighted by atomic mass is 16.4. The van der Waals surface area contributed by atoms with Crippen LogP contribution in [0.1, 0.15) is 36.8 Å². The summed E-state index contributed by atoms with van der Waals surface area (Å²) in [4.78, 5) is 14.3. The number of carboxylic acids is 1. The first kappa shape index (κ1) is 18.5. The van der Waals surface area contributed by atoms with E-state index in [2.05, 4.69) is 29.2 Å². The van der Waals surface area contributed by atoms with Gasteiger partial charge in [-0.2, -0.15) is 0 Å². The molecule has 0 radical (unpaired) electrons. The molecule has 1 heterocycles. The fraction of sp³-hybridized carbons (Fsp3) is 0.650. The minimum Gasteiger partial charge on any atom is -0.481 e. The van der Waals surface area contributed by atoms with Crippen molar-refractivity contribution < 1.29 is 14.9 Å². The molecule has 0 amide bonds. The van der Waals surface area contributed by atoms with Crippen LogP contribution in [0, 0.1) is 17.8 Å². The molecule has 0 aromatic heterocycles. The molecule has 1 aromatic rings. The number of hydrogen-bond donors (Lipinski definition) is 2. The average molecular weight is 343 g/mol. The molecule has 3 atom stereocenters. The first-order valence-electron chi connectivity index (χ1n) is 9.73. The Kier molecular flexibility index (Phi) is 6.18. The summed E-state index contributed by atoms with van der Waals surface area (Å²) in [5.74, 6) is -0.159. The van der Waals surface area contributed by atoms with E-state index in [9.17, 15) is 14.9 Å². The van der Waals surface area contributed by atoms with Crippen molar-refractivity contribution in [1.82, 2.24) is 4.90 Å². The largest absolute Gasteiger partial charge is 0.481 e. The standard InChI is InChI=1S/C20H30BNO3/c1-21(25)10-8-15-6-7-18(19(12-15)20(23)24)14-22-11-9-16-4-2-3-5-17(16)13-22/h2-5,15,18-19,25H,6-14H2,1H3,(H,23,24)/t15-,18?,19-/m0/s1. The van der Waals surface area contributed by atoms with Crippen LogP contribution in [0.15, 0.2) is 24.3 Å². The second kappa shape index (κ2) is 8.37. The van der Waals surface area contributed by atoms with Crippen molar-refractivity contribution in [2.45, 2.75) is 51.8 Å². The second-order valence-electron chi connectivity index (χ2n) is 8.06. The maximum absolute atomic E-state index is 11.8. The molecule has 1 aliphatic carbocycles. The predicted octanol–water partition coefficient (Wildman–Crippen LogP) is 3.17. The lowest BCUT2D eigenvalue weighted by Crippen LogP contribution is -2.41. The first-order chi connectivity index (χ1) is 12.0. The summed E-state index contributed by atoms with van der Waals surface area (Å²) in [5.41, 5.74) is 2.83. The number of carbonyl (C=O) groups is 1. The molecule has 4 nitrogen and oxygen atoms in total. The van der Waals surface area contributed by atoms with Crippen LogP contribution in [0.4, 0.5) is 0 Å². The van der Waals surface area contributed by atoms with E-state index >= 15 is 0 Å². The molecule has 0 bridgehead atoms. The van der Waals surface area contributed by atoms with Crippen LogP contribution in [0.25, 0.3) is 0 Å². The Morgan fingerprint density at radius 1 is 1.28 bits per heavy atom. The maximum Gasteiger partial charge on any atom is 0.306 e. The van der Waals surface area contributed by atoms with E-state index in [1.807, 2.05) is 6.82 Å². The van der Waals surface area contributed by atoms with Crippen molar-refractivity contribution in [3.8, 4) is 0 Å². The normalized spacial score (nSPS) is 26.9. The van der Waals surface area contributed by atoms with Gasteiger partial charge in [-0.05, 0) is 48.5 Å². The van der Waals surface area contributed by atoms with Crippen LogP contribution >= 0.6 is 0 Å². The van der Waals surface area contributed by atoms with Gasteiger partial charge in [0.2, 0.25) is 0 Å². The lowest BCUT2D eigenvalue weighted by atomic mass is 9.63. The highest BCUT2D eigenvalue weighted by molar-refractivity contribution is 6.48. The zero-order valence-electron chi connectivity index (χ0n) is 15.2. The number of fused-ring (bicyclic) bond motifs is 1. The van der Waals surface area contributed by atoms with Crippen molar-refractivity contribution in [3.05, 3.63) is 35.4 Å². The molecule has 1 saturated carbocycles. The van der Waals surface area contributed by atoms with Gasteiger partial charge in [0.05, 0.1) is 5.92 Å². The van der Waals surface area contributed by atoms with Crippen LogP contribution < -0.4 is 0 Å². The molecule has 0 saturated heterocycles. The Labute approximate surface area is 151 Å². The summed E-state index contributed by atoms with van der Waals surface area (Å²) in [5, 5.41) is 19.2. The summed E-state index contributed by atoms with van der Waals surface area (Å²) >= 11 is 0. The summed E-state index contributed by atoms with van der Waals surface area (Å²) < 4.78 is 0. The van der Waals surface area contributed by atoms with E-state index in [1.54, 1.807) is 0 Å². The van der Waals surface area contributed by atoms with Gasteiger partial charge in [0.25, 0.3) is 6.92 Å². The van der Waals surface area contributed by atoms with Gasteiger partial charge < -0.3 is 10.1 Å². The van der Waals surface area contributed by atoms with Crippen LogP contribution in [-0.2, 0) is 17.8 Å². The van der Waals surface area contributed by atoms with E-state index in [0.29, 0.717) is 5.92 Å². The van der Waals surface area contributed by atoms with Gasteiger partial charge in [0.15, 0.2) is 0 Å². The molecule has 5 heteroatoms. The van der Waals surface area contributed by atoms with E-state index in [4.69, 9.17) is 0 Å². The summed E-state index contributed by atoms with van der Waals surface area (Å²) in [6.45, 7) is 4.41. The summed E-state index contributed by atoms with van der Waals surface area (Å²) in [6.07, 6.45) is 5.68. The van der Waals surface area contributed by atoms with Crippen molar-refractivity contribution in [2.75, 3.05) is 13.1 Å². The third-order valence-corrected chi connectivity index (χ3v) is 6.11. The van der Waals surface area contributed by atoms with E-state index in [-0.39, 0.29) is 18.8 Å². The van der Waals surface area contributed by atoms with Crippen molar-refractivity contribution in [1.29, 1.82) is 0 Å². The minimum atomic E-state index is -0.635. The average Bonchev–Trinajstić information content (AvgIpc) is 2.60. The third kappa shape index (κ3) is 4.86. The summed E-state index contributed by atoms with van der Waals surface area (Å²) in [6, 6.07) is 8.60. The Morgan fingerprint density at radius 3 is 2.76 bits per heavy atom. The third-order valence-electron chi connectivity index (χ3n) is 6.11. The van der Waals surface area contributed by atoms with Crippen LogP contribution in [0.3, 0.4) is 0 Å². The topological polar surface area (TPSA) is 60.8 Å². The maximum atomic E-state index is 11.8. The molecular formula is C20H30BNO3. The molecule has 2 N–H and O–H groups in total. The van der Waals surface area contributed by atoms with Gasteiger partial charge in [0.1, 0.15) is 0 Å². The zero-order valence-corrected chi connectivity index (χ0v) is 15.2. The molecule has 136 valence electrons. The molecule has 2 aliphatic rings. The quantitative estimate of drug-likeness (QED) is 0.779. The van der Waals surface area contributed by atoms with Crippen molar-refractivity contribution in [2.24, 2.45) is 17.8 Å². The SMILES string of the molecule is CB(O)CC[C@@H]1CCC(CN2CCc3ccccc3C2)[C@@H](C(=O)O)C1. The zero-order chi connectivity index (χ0) is 17.8. The number of aliphatic carboxylic acids is 1. The van der Waals surface area contributed by atoms with Gasteiger partial charge >= 0.3 is 5.97 Å². The van der Waals surface area contributed by atoms with Crippen LogP contribution in [-0.4, -0.2) is 41.0 Å². The lowest BCUT2D eigenvalue weighted by Gasteiger charge is -2.38. The van der Waals surface area contributed by atoms with Gasteiger partial charge in [0, 0.05) is 19.6 Å². The Balaban J connectivity index is 1.58. The lowest BCUT2D eigenvalue weighted by molar-refractivity contribution is -0.146. The van der Waals surface area contributed by atoms with Gasteiger partial charge in [-0.1, -0.05) is 43.9 Å². The smallest absolute Gasteiger partial charge is 0.306 e. The van der Waals surface area contributed by atoms with Crippen molar-refractivity contribution >= 4 is 12.9 Å². The van der Waals surface area contributed by atoms with Crippen LogP contribution in [0.2, 0.25) is 13.1 Å². The Hall–Kier alpha value is -1.33. The fourth-order valence-corrected chi connectivity index (χ4v) is 4.62. The molecule has 0 spiro atoms. The Morgan fingerprint density at radius 2 is 2.04 bits per heavy atom. The number of rotatable bonds is 6. The summed E-state index contributed by atoms with van der Waals surface area (Å²) in [7, 11) is 0. The number of nitrogens with zero attached hydrogens (tertiary/aromatic N) is 1. The highest BCUT2D eigenvalue weighted by Gasteiger charge is 2.36. The predicted molar refractivity (Wildman–Crippen MR) is 101 cm³/mol. The molecule has 1 unspecified atom stereocenters. The fourth-order valence-electron chi connectivity index (χ4n) is 4.62. The van der Waals surface area contributed by atoms with Gasteiger partial charge in [-0.25, -0.2) is 0 Å². The number of carboxylic acid groups (broad SMARTS) is 1. The number of hydrogen-bond acceptors (Lipinski definition) is 3. The second-order valence-corrected chi connectivity index (χ2v) is 8.06. The van der Waals surface area contributed by atoms with Crippen molar-refractivity contribution in [3.63, 3.8) is 0 Å². The molecule has 1 aromatic carbocycles. The van der Waals surface area contributed by atoms with E-state index < -0.39 is 5.97 Å². The van der Waals surface area contributed by atoms with Crippen LogP contribution in [0.5, 0.6) is 0 Å². The van der Waals surface area contributed by atoms with Gasteiger partial charge in [-0.3, -0.25) is 9.69 Å². The number of benzene rings is 1. The Bertz CT molecular complexity index is 592. The van der Waals surface area contributed by atoms with E-state index in [1.165, 1.54) is 11.1 Å². The molecule has 1 fully saturated rings.